The van der Waals surface area contributed by atoms with Crippen LogP contribution in [0, 0.1) is 12.3 Å². The maximum atomic E-state index is 11.8. The standard InChI is InChI=1S/C14H17NO4/c1-5-6-15-13(14(16)19-4)10-7-11(17-2)9-12(8-10)18-3/h1,7-9,13,15H,6H2,2-4H3. The molecule has 0 amide bonds. The van der Waals surface area contributed by atoms with Gasteiger partial charge in [0.1, 0.15) is 17.5 Å². The largest absolute Gasteiger partial charge is 0.497 e. The van der Waals surface area contributed by atoms with Crippen LogP contribution in [0.3, 0.4) is 0 Å². The summed E-state index contributed by atoms with van der Waals surface area (Å²) in [6.07, 6.45) is 5.19. The SMILES string of the molecule is C#CCNC(C(=O)OC)c1cc(OC)cc(OC)c1. The monoisotopic (exact) mass is 263 g/mol. The molecular formula is C14H17NO4. The number of benzene rings is 1. The van der Waals surface area contributed by atoms with Gasteiger partial charge in [0.05, 0.1) is 27.9 Å². The molecule has 0 heterocycles. The van der Waals surface area contributed by atoms with E-state index >= 15 is 0 Å². The molecule has 1 N–H and O–H groups in total. The van der Waals surface area contributed by atoms with Crippen molar-refractivity contribution in [3.05, 3.63) is 23.8 Å². The van der Waals surface area contributed by atoms with Crippen LogP contribution in [0.5, 0.6) is 11.5 Å². The number of terminal acetylenes is 1. The summed E-state index contributed by atoms with van der Waals surface area (Å²) in [5.41, 5.74) is 0.665. The third kappa shape index (κ3) is 3.90. The summed E-state index contributed by atoms with van der Waals surface area (Å²) >= 11 is 0. The topological polar surface area (TPSA) is 56.8 Å². The number of rotatable bonds is 6. The van der Waals surface area contributed by atoms with Crippen molar-refractivity contribution in [2.24, 2.45) is 0 Å². The molecule has 1 aromatic carbocycles. The van der Waals surface area contributed by atoms with Gasteiger partial charge >= 0.3 is 5.97 Å². The fourth-order valence-corrected chi connectivity index (χ4v) is 1.61. The summed E-state index contributed by atoms with van der Waals surface area (Å²) in [5, 5.41) is 2.92. The average Bonchev–Trinajstić information content (AvgIpc) is 2.46. The van der Waals surface area contributed by atoms with Crippen molar-refractivity contribution in [2.75, 3.05) is 27.9 Å². The van der Waals surface area contributed by atoms with Crippen LogP contribution in [0.25, 0.3) is 0 Å². The van der Waals surface area contributed by atoms with E-state index < -0.39 is 12.0 Å². The first kappa shape index (κ1) is 14.9. The lowest BCUT2D eigenvalue weighted by molar-refractivity contribution is -0.143. The zero-order valence-electron chi connectivity index (χ0n) is 11.2. The molecule has 0 aliphatic rings. The van der Waals surface area contributed by atoms with Gasteiger partial charge in [-0.3, -0.25) is 5.32 Å². The molecule has 0 saturated heterocycles. The van der Waals surface area contributed by atoms with Crippen molar-refractivity contribution in [1.82, 2.24) is 5.32 Å². The van der Waals surface area contributed by atoms with Gasteiger partial charge in [-0.15, -0.1) is 6.42 Å². The van der Waals surface area contributed by atoms with Crippen LogP contribution in [-0.4, -0.2) is 33.8 Å². The summed E-state index contributed by atoms with van der Waals surface area (Å²) in [7, 11) is 4.41. The van der Waals surface area contributed by atoms with Crippen molar-refractivity contribution < 1.29 is 19.0 Å². The molecule has 19 heavy (non-hydrogen) atoms. The van der Waals surface area contributed by atoms with Crippen LogP contribution in [0.4, 0.5) is 0 Å². The molecule has 5 heteroatoms. The van der Waals surface area contributed by atoms with Crippen molar-refractivity contribution in [1.29, 1.82) is 0 Å². The molecule has 1 atom stereocenters. The van der Waals surface area contributed by atoms with Crippen molar-refractivity contribution in [3.8, 4) is 23.8 Å². The maximum Gasteiger partial charge on any atom is 0.327 e. The zero-order valence-corrected chi connectivity index (χ0v) is 11.2. The van der Waals surface area contributed by atoms with Gasteiger partial charge in [-0.25, -0.2) is 4.79 Å². The second-order valence-corrected chi connectivity index (χ2v) is 3.69. The lowest BCUT2D eigenvalue weighted by Crippen LogP contribution is -2.30. The van der Waals surface area contributed by atoms with Gasteiger partial charge in [0.25, 0.3) is 0 Å². The van der Waals surface area contributed by atoms with Crippen LogP contribution in [0.1, 0.15) is 11.6 Å². The van der Waals surface area contributed by atoms with Gasteiger partial charge in [-0.05, 0) is 17.7 Å². The predicted octanol–water partition coefficient (Wildman–Crippen LogP) is 1.14. The number of esters is 1. The average molecular weight is 263 g/mol. The van der Waals surface area contributed by atoms with Crippen LogP contribution < -0.4 is 14.8 Å². The lowest BCUT2D eigenvalue weighted by atomic mass is 10.1. The second kappa shape index (κ2) is 7.29. The second-order valence-electron chi connectivity index (χ2n) is 3.69. The zero-order chi connectivity index (χ0) is 14.3. The molecule has 0 aliphatic heterocycles. The van der Waals surface area contributed by atoms with Gasteiger partial charge in [-0.1, -0.05) is 5.92 Å². The molecule has 1 aromatic rings. The lowest BCUT2D eigenvalue weighted by Gasteiger charge is -2.17. The van der Waals surface area contributed by atoms with Crippen LogP contribution >= 0.6 is 0 Å². The molecule has 0 spiro atoms. The number of carbonyl (C=O) groups excluding carboxylic acids is 1. The molecule has 0 saturated carbocycles. The van der Waals surface area contributed by atoms with Crippen LogP contribution in [0.2, 0.25) is 0 Å². The Morgan fingerprint density at radius 3 is 2.26 bits per heavy atom. The van der Waals surface area contributed by atoms with E-state index in [1.54, 1.807) is 32.4 Å². The minimum atomic E-state index is -0.662. The molecule has 102 valence electrons. The number of hydrogen-bond acceptors (Lipinski definition) is 5. The van der Waals surface area contributed by atoms with Gasteiger partial charge in [0.15, 0.2) is 0 Å². The highest BCUT2D eigenvalue weighted by Gasteiger charge is 2.22. The molecule has 5 nitrogen and oxygen atoms in total. The molecule has 0 bridgehead atoms. The molecule has 0 aliphatic carbocycles. The van der Waals surface area contributed by atoms with Gasteiger partial charge in [0.2, 0.25) is 0 Å². The number of methoxy groups -OCH3 is 3. The van der Waals surface area contributed by atoms with Crippen molar-refractivity contribution >= 4 is 5.97 Å². The Bertz CT molecular complexity index is 457. The first-order valence-electron chi connectivity index (χ1n) is 5.64. The first-order valence-corrected chi connectivity index (χ1v) is 5.64. The Balaban J connectivity index is 3.13. The van der Waals surface area contributed by atoms with E-state index in [9.17, 15) is 4.79 Å². The Kier molecular flexibility index (Phi) is 5.71. The highest BCUT2D eigenvalue weighted by Crippen LogP contribution is 2.27. The Hall–Kier alpha value is -2.19. The summed E-state index contributed by atoms with van der Waals surface area (Å²) in [6, 6.07) is 4.52. The normalized spacial score (nSPS) is 11.3. The number of ether oxygens (including phenoxy) is 3. The minimum Gasteiger partial charge on any atom is -0.497 e. The summed E-state index contributed by atoms with van der Waals surface area (Å²) < 4.78 is 15.1. The van der Waals surface area contributed by atoms with Crippen LogP contribution in [-0.2, 0) is 9.53 Å². The van der Waals surface area contributed by atoms with Crippen molar-refractivity contribution in [2.45, 2.75) is 6.04 Å². The van der Waals surface area contributed by atoms with E-state index in [0.29, 0.717) is 17.1 Å². The quantitative estimate of drug-likeness (QED) is 0.616. The first-order chi connectivity index (χ1) is 9.15. The van der Waals surface area contributed by atoms with E-state index in [1.807, 2.05) is 0 Å². The Labute approximate surface area is 112 Å². The molecular weight excluding hydrogens is 246 g/mol. The summed E-state index contributed by atoms with van der Waals surface area (Å²) in [4.78, 5) is 11.8. The highest BCUT2D eigenvalue weighted by atomic mass is 16.5. The summed E-state index contributed by atoms with van der Waals surface area (Å²) in [5.74, 6) is 3.17. The van der Waals surface area contributed by atoms with E-state index in [2.05, 4.69) is 11.2 Å². The summed E-state index contributed by atoms with van der Waals surface area (Å²) in [6.45, 7) is 0.249. The van der Waals surface area contributed by atoms with Gasteiger partial charge in [0, 0.05) is 6.07 Å². The number of nitrogens with one attached hydrogen (secondary N) is 1. The molecule has 0 radical (unpaired) electrons. The highest BCUT2D eigenvalue weighted by molar-refractivity contribution is 5.78. The van der Waals surface area contributed by atoms with Gasteiger partial charge in [-0.2, -0.15) is 0 Å². The minimum absolute atomic E-state index is 0.249. The molecule has 1 rings (SSSR count). The predicted molar refractivity (Wildman–Crippen MR) is 71.1 cm³/mol. The smallest absolute Gasteiger partial charge is 0.327 e. The molecule has 0 fully saturated rings. The number of carbonyl (C=O) groups is 1. The number of hydrogen-bond donors (Lipinski definition) is 1. The van der Waals surface area contributed by atoms with E-state index in [-0.39, 0.29) is 6.54 Å². The fraction of sp³-hybridized carbons (Fsp3) is 0.357. The van der Waals surface area contributed by atoms with Gasteiger partial charge < -0.3 is 14.2 Å². The van der Waals surface area contributed by atoms with Crippen LogP contribution in [0.15, 0.2) is 18.2 Å². The van der Waals surface area contributed by atoms with E-state index in [0.717, 1.165) is 0 Å². The third-order valence-electron chi connectivity index (χ3n) is 2.55. The molecule has 0 aromatic heterocycles. The van der Waals surface area contributed by atoms with E-state index in [1.165, 1.54) is 7.11 Å². The fourth-order valence-electron chi connectivity index (χ4n) is 1.61. The third-order valence-corrected chi connectivity index (χ3v) is 2.55. The van der Waals surface area contributed by atoms with E-state index in [4.69, 9.17) is 20.6 Å². The van der Waals surface area contributed by atoms with Crippen molar-refractivity contribution in [3.63, 3.8) is 0 Å². The maximum absolute atomic E-state index is 11.8. The Morgan fingerprint density at radius 1 is 1.26 bits per heavy atom. The Morgan fingerprint density at radius 2 is 1.84 bits per heavy atom. The molecule has 1 unspecified atom stereocenters.